The van der Waals surface area contributed by atoms with E-state index in [1.54, 1.807) is 15.3 Å². The molecule has 1 fully saturated rings. The topological polar surface area (TPSA) is 98.8 Å². The van der Waals surface area contributed by atoms with Crippen molar-refractivity contribution in [3.05, 3.63) is 24.3 Å². The van der Waals surface area contributed by atoms with Gasteiger partial charge in [-0.3, -0.25) is 0 Å². The summed E-state index contributed by atoms with van der Waals surface area (Å²) in [6, 6.07) is 0. The van der Waals surface area contributed by atoms with E-state index < -0.39 is 10.0 Å². The minimum absolute atomic E-state index is 0.227. The first-order valence-electron chi connectivity index (χ1n) is 8.77. The maximum absolute atomic E-state index is 12.2. The quantitative estimate of drug-likeness (QED) is 0.720. The second kappa shape index (κ2) is 7.61. The van der Waals surface area contributed by atoms with E-state index in [0.29, 0.717) is 26.1 Å². The van der Waals surface area contributed by atoms with Crippen molar-refractivity contribution in [2.24, 2.45) is 0 Å². The van der Waals surface area contributed by atoms with Crippen molar-refractivity contribution < 1.29 is 8.42 Å². The van der Waals surface area contributed by atoms with E-state index in [-0.39, 0.29) is 11.7 Å². The standard InChI is InChI=1S/C15H25N7O2S/c1-3-9-25(23,24)21-7-5-13(6-8-21)15-19-18-14(22(15)4-2)10-20-12-16-11-17-20/h11-13H,3-10H2,1-2H3. The molecule has 1 aliphatic heterocycles. The third-order valence-corrected chi connectivity index (χ3v) is 6.69. The fourth-order valence-electron chi connectivity index (χ4n) is 3.35. The average Bonchev–Trinajstić information content (AvgIpc) is 3.25. The largest absolute Gasteiger partial charge is 0.313 e. The van der Waals surface area contributed by atoms with Crippen molar-refractivity contribution >= 4 is 10.0 Å². The first-order valence-corrected chi connectivity index (χ1v) is 10.4. The summed E-state index contributed by atoms with van der Waals surface area (Å²) in [5, 5.41) is 12.8. The van der Waals surface area contributed by atoms with E-state index >= 15 is 0 Å². The second-order valence-electron chi connectivity index (χ2n) is 6.30. The maximum atomic E-state index is 12.2. The SMILES string of the molecule is CCCS(=O)(=O)N1CCC(c2nnc(Cn3cncn3)n2CC)CC1. The van der Waals surface area contributed by atoms with Gasteiger partial charge in [-0.05, 0) is 26.2 Å². The monoisotopic (exact) mass is 367 g/mol. The van der Waals surface area contributed by atoms with Crippen LogP contribution in [0.25, 0.3) is 0 Å². The fraction of sp³-hybridized carbons (Fsp3) is 0.733. The third-order valence-electron chi connectivity index (χ3n) is 4.62. The van der Waals surface area contributed by atoms with Gasteiger partial charge in [-0.1, -0.05) is 6.92 Å². The summed E-state index contributed by atoms with van der Waals surface area (Å²) in [6.45, 7) is 6.39. The molecule has 2 aromatic heterocycles. The first-order chi connectivity index (χ1) is 12.0. The lowest BCUT2D eigenvalue weighted by molar-refractivity contribution is 0.309. The molecule has 1 saturated heterocycles. The third kappa shape index (κ3) is 3.90. The molecular formula is C15H25N7O2S. The summed E-state index contributed by atoms with van der Waals surface area (Å²) in [5.41, 5.74) is 0. The first kappa shape index (κ1) is 18.0. The van der Waals surface area contributed by atoms with E-state index in [9.17, 15) is 8.42 Å². The molecule has 0 amide bonds. The molecule has 3 rings (SSSR count). The molecule has 138 valence electrons. The molecule has 0 N–H and O–H groups in total. The van der Waals surface area contributed by atoms with Gasteiger partial charge in [0.15, 0.2) is 5.82 Å². The predicted octanol–water partition coefficient (Wildman–Crippen LogP) is 0.857. The van der Waals surface area contributed by atoms with Crippen molar-refractivity contribution in [3.63, 3.8) is 0 Å². The van der Waals surface area contributed by atoms with Crippen molar-refractivity contribution in [2.45, 2.75) is 52.1 Å². The van der Waals surface area contributed by atoms with Crippen LogP contribution in [-0.4, -0.2) is 61.1 Å². The van der Waals surface area contributed by atoms with Crippen LogP contribution in [0.4, 0.5) is 0 Å². The smallest absolute Gasteiger partial charge is 0.214 e. The molecule has 2 aromatic rings. The molecule has 9 nitrogen and oxygen atoms in total. The van der Waals surface area contributed by atoms with Crippen LogP contribution in [0.3, 0.4) is 0 Å². The summed E-state index contributed by atoms with van der Waals surface area (Å²) in [7, 11) is -3.11. The Hall–Kier alpha value is -1.81. The normalized spacial score (nSPS) is 17.2. The minimum Gasteiger partial charge on any atom is -0.313 e. The Morgan fingerprint density at radius 3 is 2.56 bits per heavy atom. The zero-order valence-electron chi connectivity index (χ0n) is 14.7. The van der Waals surface area contributed by atoms with Gasteiger partial charge in [0.2, 0.25) is 10.0 Å². The summed E-state index contributed by atoms with van der Waals surface area (Å²) in [4.78, 5) is 3.95. The van der Waals surface area contributed by atoms with Crippen LogP contribution in [0.15, 0.2) is 12.7 Å². The van der Waals surface area contributed by atoms with Gasteiger partial charge in [-0.2, -0.15) is 5.10 Å². The highest BCUT2D eigenvalue weighted by molar-refractivity contribution is 7.89. The summed E-state index contributed by atoms with van der Waals surface area (Å²) >= 11 is 0. The average molecular weight is 367 g/mol. The molecule has 0 aromatic carbocycles. The number of aromatic nitrogens is 6. The zero-order valence-corrected chi connectivity index (χ0v) is 15.6. The second-order valence-corrected chi connectivity index (χ2v) is 8.39. The molecule has 25 heavy (non-hydrogen) atoms. The van der Waals surface area contributed by atoms with E-state index in [4.69, 9.17) is 0 Å². The molecule has 3 heterocycles. The van der Waals surface area contributed by atoms with Gasteiger partial charge in [0, 0.05) is 25.6 Å². The van der Waals surface area contributed by atoms with Gasteiger partial charge in [0.25, 0.3) is 0 Å². The summed E-state index contributed by atoms with van der Waals surface area (Å²) in [6.07, 6.45) is 5.37. The van der Waals surface area contributed by atoms with Crippen molar-refractivity contribution in [1.29, 1.82) is 0 Å². The van der Waals surface area contributed by atoms with Crippen LogP contribution in [0, 0.1) is 0 Å². The minimum atomic E-state index is -3.11. The molecule has 0 unspecified atom stereocenters. The number of piperidine rings is 1. The number of hydrogen-bond acceptors (Lipinski definition) is 6. The predicted molar refractivity (Wildman–Crippen MR) is 92.4 cm³/mol. The molecule has 0 spiro atoms. The van der Waals surface area contributed by atoms with Gasteiger partial charge >= 0.3 is 0 Å². The van der Waals surface area contributed by atoms with Crippen LogP contribution < -0.4 is 0 Å². The molecule has 0 atom stereocenters. The Morgan fingerprint density at radius 1 is 1.20 bits per heavy atom. The Balaban J connectivity index is 1.70. The highest BCUT2D eigenvalue weighted by atomic mass is 32.2. The van der Waals surface area contributed by atoms with E-state index in [2.05, 4.69) is 31.8 Å². The van der Waals surface area contributed by atoms with Gasteiger partial charge in [0.1, 0.15) is 25.0 Å². The number of hydrogen-bond donors (Lipinski definition) is 0. The van der Waals surface area contributed by atoms with Crippen molar-refractivity contribution in [3.8, 4) is 0 Å². The number of rotatable bonds is 7. The van der Waals surface area contributed by atoms with Crippen molar-refractivity contribution in [1.82, 2.24) is 33.8 Å². The van der Waals surface area contributed by atoms with Crippen LogP contribution >= 0.6 is 0 Å². The van der Waals surface area contributed by atoms with Gasteiger partial charge < -0.3 is 4.57 Å². The van der Waals surface area contributed by atoms with Gasteiger partial charge in [-0.25, -0.2) is 22.4 Å². The number of nitrogens with zero attached hydrogens (tertiary/aromatic N) is 7. The fourth-order valence-corrected chi connectivity index (χ4v) is 4.89. The molecule has 0 bridgehead atoms. The maximum Gasteiger partial charge on any atom is 0.214 e. The lowest BCUT2D eigenvalue weighted by atomic mass is 9.97. The van der Waals surface area contributed by atoms with Crippen LogP contribution in [0.1, 0.15) is 50.7 Å². The molecule has 0 radical (unpaired) electrons. The van der Waals surface area contributed by atoms with E-state index in [1.165, 1.54) is 6.33 Å². The number of sulfonamides is 1. The zero-order chi connectivity index (χ0) is 17.9. The molecule has 0 aliphatic carbocycles. The van der Waals surface area contributed by atoms with E-state index in [1.807, 2.05) is 6.92 Å². The van der Waals surface area contributed by atoms with Gasteiger partial charge in [-0.15, -0.1) is 10.2 Å². The highest BCUT2D eigenvalue weighted by Gasteiger charge is 2.30. The molecule has 0 saturated carbocycles. The molecule has 10 heteroatoms. The van der Waals surface area contributed by atoms with Crippen molar-refractivity contribution in [2.75, 3.05) is 18.8 Å². The Labute approximate surface area is 148 Å². The van der Waals surface area contributed by atoms with Crippen LogP contribution in [-0.2, 0) is 23.1 Å². The van der Waals surface area contributed by atoms with Gasteiger partial charge in [0.05, 0.1) is 5.75 Å². The summed E-state index contributed by atoms with van der Waals surface area (Å²) in [5.74, 6) is 2.27. The molecular weight excluding hydrogens is 342 g/mol. The lowest BCUT2D eigenvalue weighted by Gasteiger charge is -2.30. The Morgan fingerprint density at radius 2 is 1.96 bits per heavy atom. The van der Waals surface area contributed by atoms with E-state index in [0.717, 1.165) is 31.0 Å². The Kier molecular flexibility index (Phi) is 5.48. The molecule has 1 aliphatic rings. The lowest BCUT2D eigenvalue weighted by Crippen LogP contribution is -2.39. The van der Waals surface area contributed by atoms with Crippen LogP contribution in [0.2, 0.25) is 0 Å². The van der Waals surface area contributed by atoms with Crippen LogP contribution in [0.5, 0.6) is 0 Å². The highest BCUT2D eigenvalue weighted by Crippen LogP contribution is 2.28. The summed E-state index contributed by atoms with van der Waals surface area (Å²) < 4.78 is 29.9. The Bertz CT molecular complexity index is 777.